The number of nitrogens with zero attached hydrogens (tertiary/aromatic N) is 3. The number of H-pyrrole nitrogens is 1. The molecule has 0 spiro atoms. The molecule has 2 aromatic heterocycles. The second kappa shape index (κ2) is 6.84. The molecule has 1 fully saturated rings. The maximum absolute atomic E-state index is 12.7. The third kappa shape index (κ3) is 3.24. The van der Waals surface area contributed by atoms with Gasteiger partial charge < -0.3 is 19.4 Å². The number of imidazole rings is 1. The van der Waals surface area contributed by atoms with Crippen molar-refractivity contribution >= 4 is 5.91 Å². The first-order valence-electron chi connectivity index (χ1n) is 8.69. The Morgan fingerprint density at radius 2 is 2.20 bits per heavy atom. The number of nitrogens with one attached hydrogen (secondary N) is 1. The van der Waals surface area contributed by atoms with Crippen molar-refractivity contribution in [2.75, 3.05) is 26.9 Å². The summed E-state index contributed by atoms with van der Waals surface area (Å²) in [7, 11) is 1.59. The Balaban J connectivity index is 1.49. The maximum atomic E-state index is 12.7. The van der Waals surface area contributed by atoms with Crippen LogP contribution in [0.4, 0.5) is 0 Å². The van der Waals surface area contributed by atoms with Crippen LogP contribution in [0.5, 0.6) is 5.88 Å². The van der Waals surface area contributed by atoms with Crippen molar-refractivity contribution in [1.82, 2.24) is 19.9 Å². The molecule has 1 saturated heterocycles. The summed E-state index contributed by atoms with van der Waals surface area (Å²) >= 11 is 0. The summed E-state index contributed by atoms with van der Waals surface area (Å²) in [6.45, 7) is 2.71. The molecule has 2 aromatic rings. The van der Waals surface area contributed by atoms with Crippen molar-refractivity contribution < 1.29 is 14.3 Å². The summed E-state index contributed by atoms with van der Waals surface area (Å²) in [5, 5.41) is 0. The van der Waals surface area contributed by atoms with Gasteiger partial charge in [-0.05, 0) is 18.9 Å². The van der Waals surface area contributed by atoms with Crippen LogP contribution in [0, 0.1) is 5.92 Å². The molecule has 7 nitrogen and oxygen atoms in total. The lowest BCUT2D eigenvalue weighted by Gasteiger charge is -2.31. The van der Waals surface area contributed by atoms with Crippen LogP contribution in [0.15, 0.2) is 18.3 Å². The molecule has 0 radical (unpaired) electrons. The quantitative estimate of drug-likeness (QED) is 0.920. The fourth-order valence-corrected chi connectivity index (χ4v) is 3.46. The summed E-state index contributed by atoms with van der Waals surface area (Å²) in [6, 6.07) is 3.75. The number of hydrogen-bond acceptors (Lipinski definition) is 5. The zero-order valence-electron chi connectivity index (χ0n) is 14.3. The van der Waals surface area contributed by atoms with Gasteiger partial charge in [0.15, 0.2) is 0 Å². The molecule has 0 aromatic carbocycles. The van der Waals surface area contributed by atoms with E-state index in [2.05, 4.69) is 15.0 Å². The van der Waals surface area contributed by atoms with E-state index in [0.29, 0.717) is 25.6 Å². The first kappa shape index (κ1) is 16.1. The number of aromatic amines is 1. The van der Waals surface area contributed by atoms with Gasteiger partial charge >= 0.3 is 0 Å². The molecule has 0 saturated carbocycles. The van der Waals surface area contributed by atoms with Gasteiger partial charge in [0.2, 0.25) is 11.8 Å². The summed E-state index contributed by atoms with van der Waals surface area (Å²) in [5.41, 5.74) is 2.98. The van der Waals surface area contributed by atoms with E-state index in [-0.39, 0.29) is 11.8 Å². The third-order valence-corrected chi connectivity index (χ3v) is 4.93. The lowest BCUT2D eigenvalue weighted by molar-refractivity contribution is -0.139. The minimum atomic E-state index is 0.100. The SMILES string of the molecule is COc1ccc(-c2nc3c([nH]2)CN(C(=O)C2CCOCC2)CC3)cn1. The van der Waals surface area contributed by atoms with Crippen molar-refractivity contribution in [3.05, 3.63) is 29.7 Å². The van der Waals surface area contributed by atoms with Gasteiger partial charge in [0.05, 0.1) is 25.0 Å². The Hall–Kier alpha value is -2.41. The summed E-state index contributed by atoms with van der Waals surface area (Å²) in [6.07, 6.45) is 4.18. The van der Waals surface area contributed by atoms with Crippen molar-refractivity contribution in [3.63, 3.8) is 0 Å². The normalized spacial score (nSPS) is 18.0. The van der Waals surface area contributed by atoms with E-state index in [1.807, 2.05) is 17.0 Å². The van der Waals surface area contributed by atoms with E-state index in [0.717, 1.165) is 48.6 Å². The first-order chi connectivity index (χ1) is 12.2. The minimum absolute atomic E-state index is 0.100. The molecular weight excluding hydrogens is 320 g/mol. The molecule has 2 aliphatic rings. The molecule has 0 atom stereocenters. The number of ether oxygens (including phenoxy) is 2. The highest BCUT2D eigenvalue weighted by molar-refractivity contribution is 5.79. The van der Waals surface area contributed by atoms with Crippen LogP contribution < -0.4 is 4.74 Å². The Morgan fingerprint density at radius 1 is 1.36 bits per heavy atom. The number of rotatable bonds is 3. The van der Waals surface area contributed by atoms with Gasteiger partial charge in [0.25, 0.3) is 0 Å². The van der Waals surface area contributed by atoms with Gasteiger partial charge in [-0.3, -0.25) is 4.79 Å². The number of amides is 1. The molecule has 1 amide bonds. The number of carbonyl (C=O) groups is 1. The molecule has 1 N–H and O–H groups in total. The van der Waals surface area contributed by atoms with Crippen LogP contribution in [0.3, 0.4) is 0 Å². The smallest absolute Gasteiger partial charge is 0.226 e. The van der Waals surface area contributed by atoms with Crippen LogP contribution in [0.2, 0.25) is 0 Å². The van der Waals surface area contributed by atoms with E-state index < -0.39 is 0 Å². The maximum Gasteiger partial charge on any atom is 0.226 e. The summed E-state index contributed by atoms with van der Waals surface area (Å²) in [5.74, 6) is 1.72. The molecule has 4 rings (SSSR count). The average molecular weight is 342 g/mol. The number of pyridine rings is 1. The molecule has 7 heteroatoms. The Morgan fingerprint density at radius 3 is 2.92 bits per heavy atom. The van der Waals surface area contributed by atoms with E-state index >= 15 is 0 Å². The molecule has 0 bridgehead atoms. The van der Waals surface area contributed by atoms with Crippen molar-refractivity contribution in [3.8, 4) is 17.3 Å². The van der Waals surface area contributed by atoms with E-state index in [4.69, 9.17) is 9.47 Å². The molecular formula is C18H22N4O3. The van der Waals surface area contributed by atoms with Gasteiger partial charge in [0.1, 0.15) is 5.82 Å². The van der Waals surface area contributed by atoms with Crippen LogP contribution >= 0.6 is 0 Å². The van der Waals surface area contributed by atoms with Gasteiger partial charge in [-0.15, -0.1) is 0 Å². The molecule has 4 heterocycles. The minimum Gasteiger partial charge on any atom is -0.481 e. The van der Waals surface area contributed by atoms with Crippen LogP contribution in [0.25, 0.3) is 11.4 Å². The molecule has 25 heavy (non-hydrogen) atoms. The first-order valence-corrected chi connectivity index (χ1v) is 8.69. The standard InChI is InChI=1S/C18H22N4O3/c1-24-16-3-2-13(10-19-16)17-20-14-4-7-22(11-15(14)21-17)18(23)12-5-8-25-9-6-12/h2-3,10,12H,4-9,11H2,1H3,(H,20,21). The number of fused-ring (bicyclic) bond motifs is 1. The third-order valence-electron chi connectivity index (χ3n) is 4.93. The van der Waals surface area contributed by atoms with Crippen molar-refractivity contribution in [2.24, 2.45) is 5.92 Å². The number of hydrogen-bond donors (Lipinski definition) is 1. The predicted molar refractivity (Wildman–Crippen MR) is 91.0 cm³/mol. The number of aromatic nitrogens is 3. The van der Waals surface area contributed by atoms with Crippen LogP contribution in [-0.2, 0) is 22.5 Å². The van der Waals surface area contributed by atoms with Crippen LogP contribution in [-0.4, -0.2) is 52.6 Å². The molecule has 132 valence electrons. The van der Waals surface area contributed by atoms with Gasteiger partial charge in [-0.1, -0.05) is 0 Å². The highest BCUT2D eigenvalue weighted by atomic mass is 16.5. The van der Waals surface area contributed by atoms with Gasteiger partial charge in [0, 0.05) is 49.9 Å². The topological polar surface area (TPSA) is 80.3 Å². The van der Waals surface area contributed by atoms with Gasteiger partial charge in [-0.25, -0.2) is 9.97 Å². The second-order valence-electron chi connectivity index (χ2n) is 6.50. The summed E-state index contributed by atoms with van der Waals surface area (Å²) < 4.78 is 10.5. The summed E-state index contributed by atoms with van der Waals surface area (Å²) in [4.78, 5) is 27.0. The van der Waals surface area contributed by atoms with Crippen molar-refractivity contribution in [1.29, 1.82) is 0 Å². The second-order valence-corrected chi connectivity index (χ2v) is 6.50. The van der Waals surface area contributed by atoms with E-state index in [1.54, 1.807) is 13.3 Å². The van der Waals surface area contributed by atoms with Crippen LogP contribution in [0.1, 0.15) is 24.2 Å². The largest absolute Gasteiger partial charge is 0.481 e. The molecule has 0 aliphatic carbocycles. The predicted octanol–water partition coefficient (Wildman–Crippen LogP) is 1.79. The monoisotopic (exact) mass is 342 g/mol. The van der Waals surface area contributed by atoms with E-state index in [9.17, 15) is 4.79 Å². The Kier molecular flexibility index (Phi) is 4.40. The molecule has 0 unspecified atom stereocenters. The Labute approximate surface area is 146 Å². The average Bonchev–Trinajstić information content (AvgIpc) is 3.11. The fourth-order valence-electron chi connectivity index (χ4n) is 3.46. The lowest BCUT2D eigenvalue weighted by atomic mass is 9.97. The highest BCUT2D eigenvalue weighted by Crippen LogP contribution is 2.25. The zero-order valence-corrected chi connectivity index (χ0v) is 14.3. The lowest BCUT2D eigenvalue weighted by Crippen LogP contribution is -2.41. The number of carbonyl (C=O) groups excluding carboxylic acids is 1. The van der Waals surface area contributed by atoms with E-state index in [1.165, 1.54) is 0 Å². The molecule has 2 aliphatic heterocycles. The van der Waals surface area contributed by atoms with Crippen molar-refractivity contribution in [2.45, 2.75) is 25.8 Å². The highest BCUT2D eigenvalue weighted by Gasteiger charge is 2.30. The Bertz CT molecular complexity index is 750. The van der Waals surface area contributed by atoms with Gasteiger partial charge in [-0.2, -0.15) is 0 Å². The number of methoxy groups -OCH3 is 1. The fraction of sp³-hybridized carbons (Fsp3) is 0.500. The zero-order chi connectivity index (χ0) is 17.2.